The van der Waals surface area contributed by atoms with Crippen molar-refractivity contribution < 1.29 is 13.2 Å². The Hall–Kier alpha value is -0.660. The molecule has 0 aromatic carbocycles. The molecule has 1 heterocycles. The summed E-state index contributed by atoms with van der Waals surface area (Å²) in [6.07, 6.45) is 1.62. The highest BCUT2D eigenvalue weighted by molar-refractivity contribution is 7.86. The van der Waals surface area contributed by atoms with Gasteiger partial charge in [-0.2, -0.15) is 17.0 Å². The van der Waals surface area contributed by atoms with E-state index >= 15 is 0 Å². The first-order valence-corrected chi connectivity index (χ1v) is 7.83. The van der Waals surface area contributed by atoms with E-state index in [1.54, 1.807) is 0 Å². The molecule has 1 unspecified atom stereocenters. The van der Waals surface area contributed by atoms with Crippen molar-refractivity contribution >= 4 is 16.1 Å². The van der Waals surface area contributed by atoms with Crippen LogP contribution in [-0.2, 0) is 15.0 Å². The molecule has 1 amide bonds. The van der Waals surface area contributed by atoms with E-state index in [-0.39, 0.29) is 11.9 Å². The Morgan fingerprint density at radius 3 is 2.50 bits per heavy atom. The van der Waals surface area contributed by atoms with E-state index < -0.39 is 10.2 Å². The average molecular weight is 277 g/mol. The van der Waals surface area contributed by atoms with E-state index in [1.807, 2.05) is 13.8 Å². The first-order chi connectivity index (χ1) is 8.41. The smallest absolute Gasteiger partial charge is 0.282 e. The Balaban J connectivity index is 2.73. The fraction of sp³-hybridized carbons (Fsp3) is 0.909. The van der Waals surface area contributed by atoms with Crippen molar-refractivity contribution in [2.75, 3.05) is 26.2 Å². The number of nitrogens with zero attached hydrogens (tertiary/aromatic N) is 2. The van der Waals surface area contributed by atoms with E-state index in [0.29, 0.717) is 26.2 Å². The first kappa shape index (κ1) is 15.4. The molecule has 1 aliphatic rings. The molecule has 18 heavy (non-hydrogen) atoms. The predicted molar refractivity (Wildman–Crippen MR) is 70.3 cm³/mol. The number of hydrogen-bond donors (Lipinski definition) is 1. The zero-order valence-corrected chi connectivity index (χ0v) is 12.2. The lowest BCUT2D eigenvalue weighted by molar-refractivity contribution is -0.119. The van der Waals surface area contributed by atoms with Gasteiger partial charge in [-0.1, -0.05) is 13.8 Å². The number of nitrogens with one attached hydrogen (secondary N) is 1. The topological polar surface area (TPSA) is 69.7 Å². The van der Waals surface area contributed by atoms with Gasteiger partial charge < -0.3 is 5.32 Å². The van der Waals surface area contributed by atoms with Gasteiger partial charge in [0.2, 0.25) is 5.91 Å². The highest BCUT2D eigenvalue weighted by Crippen LogP contribution is 2.16. The molecule has 1 aliphatic heterocycles. The van der Waals surface area contributed by atoms with E-state index in [4.69, 9.17) is 0 Å². The molecule has 7 heteroatoms. The molecule has 1 saturated heterocycles. The summed E-state index contributed by atoms with van der Waals surface area (Å²) in [5.74, 6) is -0.109. The maximum Gasteiger partial charge on any atom is 0.282 e. The van der Waals surface area contributed by atoms with Crippen LogP contribution in [0.5, 0.6) is 0 Å². The van der Waals surface area contributed by atoms with E-state index in [1.165, 1.54) is 15.5 Å². The summed E-state index contributed by atoms with van der Waals surface area (Å²) in [6.45, 7) is 6.97. The molecule has 0 bridgehead atoms. The van der Waals surface area contributed by atoms with Gasteiger partial charge in [0.15, 0.2) is 0 Å². The quantitative estimate of drug-likeness (QED) is 0.779. The van der Waals surface area contributed by atoms with Crippen molar-refractivity contribution in [1.29, 1.82) is 0 Å². The molecule has 0 aliphatic carbocycles. The lowest BCUT2D eigenvalue weighted by Crippen LogP contribution is -2.53. The molecule has 0 aromatic rings. The van der Waals surface area contributed by atoms with Crippen LogP contribution < -0.4 is 5.32 Å². The van der Waals surface area contributed by atoms with Crippen molar-refractivity contribution in [3.05, 3.63) is 0 Å². The molecule has 106 valence electrons. The third-order valence-electron chi connectivity index (χ3n) is 3.15. The normalized spacial score (nSPS) is 22.1. The van der Waals surface area contributed by atoms with Crippen molar-refractivity contribution in [2.24, 2.45) is 0 Å². The predicted octanol–water partition coefficient (Wildman–Crippen LogP) is 0.174. The summed E-state index contributed by atoms with van der Waals surface area (Å²) in [7, 11) is -3.38. The molecule has 1 N–H and O–H groups in total. The minimum Gasteiger partial charge on any atom is -0.352 e. The lowest BCUT2D eigenvalue weighted by Gasteiger charge is -2.35. The van der Waals surface area contributed by atoms with Gasteiger partial charge in [-0.05, 0) is 12.8 Å². The van der Waals surface area contributed by atoms with Crippen molar-refractivity contribution in [2.45, 2.75) is 39.7 Å². The Kier molecular flexibility index (Phi) is 5.55. The van der Waals surface area contributed by atoms with Crippen LogP contribution in [0.4, 0.5) is 0 Å². The van der Waals surface area contributed by atoms with Crippen LogP contribution in [0.15, 0.2) is 0 Å². The van der Waals surface area contributed by atoms with Crippen LogP contribution >= 0.6 is 0 Å². The second-order valence-corrected chi connectivity index (χ2v) is 6.42. The van der Waals surface area contributed by atoms with E-state index in [2.05, 4.69) is 5.32 Å². The summed E-state index contributed by atoms with van der Waals surface area (Å²) in [6, 6.07) is -0.0680. The molecular formula is C11H23N3O3S. The Bertz CT molecular complexity index is 379. The number of hydrogen-bond acceptors (Lipinski definition) is 3. The highest BCUT2D eigenvalue weighted by Gasteiger charge is 2.32. The van der Waals surface area contributed by atoms with Crippen LogP contribution in [-0.4, -0.2) is 55.2 Å². The van der Waals surface area contributed by atoms with Crippen molar-refractivity contribution in [3.8, 4) is 0 Å². The van der Waals surface area contributed by atoms with Crippen molar-refractivity contribution in [1.82, 2.24) is 13.9 Å². The van der Waals surface area contributed by atoms with Crippen LogP contribution in [0.2, 0.25) is 0 Å². The average Bonchev–Trinajstić information content (AvgIpc) is 2.29. The molecule has 0 spiro atoms. The van der Waals surface area contributed by atoms with Crippen LogP contribution in [0.3, 0.4) is 0 Å². The van der Waals surface area contributed by atoms with E-state index in [0.717, 1.165) is 12.8 Å². The van der Waals surface area contributed by atoms with Crippen LogP contribution in [0, 0.1) is 0 Å². The van der Waals surface area contributed by atoms with Crippen LogP contribution in [0.25, 0.3) is 0 Å². The first-order valence-electron chi connectivity index (χ1n) is 6.44. The minimum absolute atomic E-state index is 0.0680. The van der Waals surface area contributed by atoms with E-state index in [9.17, 15) is 13.2 Å². The monoisotopic (exact) mass is 277 g/mol. The summed E-state index contributed by atoms with van der Waals surface area (Å²) in [5, 5.41) is 2.80. The number of amides is 1. The SMILES string of the molecule is CCN(CC)S(=O)(=O)N1CCCC(NC(C)=O)C1. The van der Waals surface area contributed by atoms with Gasteiger partial charge in [0, 0.05) is 39.1 Å². The summed E-state index contributed by atoms with van der Waals surface area (Å²) >= 11 is 0. The summed E-state index contributed by atoms with van der Waals surface area (Å²) < 4.78 is 27.6. The minimum atomic E-state index is -3.38. The molecule has 0 saturated carbocycles. The van der Waals surface area contributed by atoms with Crippen molar-refractivity contribution in [3.63, 3.8) is 0 Å². The summed E-state index contributed by atoms with van der Waals surface area (Å²) in [5.41, 5.74) is 0. The maximum atomic E-state index is 12.3. The maximum absolute atomic E-state index is 12.3. The third kappa shape index (κ3) is 3.66. The number of piperidine rings is 1. The van der Waals surface area contributed by atoms with Gasteiger partial charge in [0.05, 0.1) is 0 Å². The fourth-order valence-corrected chi connectivity index (χ4v) is 3.98. The Morgan fingerprint density at radius 2 is 2.00 bits per heavy atom. The standard InChI is InChI=1S/C11H23N3O3S/c1-4-13(5-2)18(16,17)14-8-6-7-11(9-14)12-10(3)15/h11H,4-9H2,1-3H3,(H,12,15). The Labute approximate surface area is 110 Å². The largest absolute Gasteiger partial charge is 0.352 e. The molecule has 0 radical (unpaired) electrons. The second kappa shape index (κ2) is 6.49. The van der Waals surface area contributed by atoms with Gasteiger partial charge in [-0.3, -0.25) is 4.79 Å². The highest BCUT2D eigenvalue weighted by atomic mass is 32.2. The molecule has 1 rings (SSSR count). The van der Waals surface area contributed by atoms with Gasteiger partial charge in [-0.25, -0.2) is 0 Å². The number of carbonyl (C=O) groups excluding carboxylic acids is 1. The number of rotatable bonds is 5. The molecule has 1 fully saturated rings. The second-order valence-electron chi connectivity index (χ2n) is 4.49. The molecule has 0 aromatic heterocycles. The van der Waals surface area contributed by atoms with Gasteiger partial charge in [-0.15, -0.1) is 0 Å². The van der Waals surface area contributed by atoms with Crippen LogP contribution in [0.1, 0.15) is 33.6 Å². The Morgan fingerprint density at radius 1 is 1.39 bits per heavy atom. The van der Waals surface area contributed by atoms with Gasteiger partial charge >= 0.3 is 0 Å². The summed E-state index contributed by atoms with van der Waals surface area (Å²) in [4.78, 5) is 11.0. The van der Waals surface area contributed by atoms with Gasteiger partial charge in [0.1, 0.15) is 0 Å². The number of carbonyl (C=O) groups is 1. The molecule has 6 nitrogen and oxygen atoms in total. The lowest BCUT2D eigenvalue weighted by atomic mass is 10.1. The molecule has 1 atom stereocenters. The third-order valence-corrected chi connectivity index (χ3v) is 5.30. The zero-order chi connectivity index (χ0) is 13.8. The fourth-order valence-electron chi connectivity index (χ4n) is 2.27. The van der Waals surface area contributed by atoms with Gasteiger partial charge in [0.25, 0.3) is 10.2 Å². The molecular weight excluding hydrogens is 254 g/mol. The zero-order valence-electron chi connectivity index (χ0n) is 11.3.